The summed E-state index contributed by atoms with van der Waals surface area (Å²) >= 11 is 6.19. The summed E-state index contributed by atoms with van der Waals surface area (Å²) in [6.07, 6.45) is -0.809. The number of fused-ring (bicyclic) bond motifs is 1. The quantitative estimate of drug-likeness (QED) is 0.635. The SMILES string of the molecule is Cc1cc(=O)oc2cc(OCC(=O)NC[C@@H](O)c3ccccc3)c(Cl)cc12. The molecule has 0 fully saturated rings. The zero-order chi connectivity index (χ0) is 19.4. The average Bonchev–Trinajstić information content (AvgIpc) is 2.65. The summed E-state index contributed by atoms with van der Waals surface area (Å²) in [4.78, 5) is 23.5. The van der Waals surface area contributed by atoms with Gasteiger partial charge in [-0.05, 0) is 24.1 Å². The van der Waals surface area contributed by atoms with Gasteiger partial charge in [0.2, 0.25) is 0 Å². The van der Waals surface area contributed by atoms with Gasteiger partial charge in [0.25, 0.3) is 5.91 Å². The number of aliphatic hydroxyl groups excluding tert-OH is 1. The predicted molar refractivity (Wildman–Crippen MR) is 102 cm³/mol. The van der Waals surface area contributed by atoms with Crippen LogP contribution in [0, 0.1) is 6.92 Å². The highest BCUT2D eigenvalue weighted by atomic mass is 35.5. The molecule has 0 radical (unpaired) electrons. The molecule has 1 amide bonds. The lowest BCUT2D eigenvalue weighted by molar-refractivity contribution is -0.123. The maximum Gasteiger partial charge on any atom is 0.336 e. The second-order valence-corrected chi connectivity index (χ2v) is 6.45. The van der Waals surface area contributed by atoms with Gasteiger partial charge in [-0.25, -0.2) is 4.79 Å². The number of amides is 1. The van der Waals surface area contributed by atoms with Crippen LogP contribution in [0.2, 0.25) is 5.02 Å². The fourth-order valence-corrected chi connectivity index (χ4v) is 2.85. The van der Waals surface area contributed by atoms with Crippen molar-refractivity contribution in [1.82, 2.24) is 5.32 Å². The molecular weight excluding hydrogens is 370 g/mol. The molecule has 0 aliphatic carbocycles. The van der Waals surface area contributed by atoms with Crippen LogP contribution in [0.1, 0.15) is 17.2 Å². The molecule has 0 unspecified atom stereocenters. The number of nitrogens with one attached hydrogen (secondary N) is 1. The zero-order valence-electron chi connectivity index (χ0n) is 14.6. The maximum atomic E-state index is 12.0. The van der Waals surface area contributed by atoms with Crippen molar-refractivity contribution >= 4 is 28.5 Å². The van der Waals surface area contributed by atoms with Crippen LogP contribution >= 0.6 is 11.6 Å². The Labute approximate surface area is 160 Å². The van der Waals surface area contributed by atoms with Crippen LogP contribution in [0.5, 0.6) is 5.75 Å². The van der Waals surface area contributed by atoms with Crippen LogP contribution in [-0.4, -0.2) is 24.2 Å². The van der Waals surface area contributed by atoms with E-state index in [9.17, 15) is 14.7 Å². The highest BCUT2D eigenvalue weighted by Gasteiger charge is 2.12. The monoisotopic (exact) mass is 387 g/mol. The molecule has 1 aromatic heterocycles. The van der Waals surface area contributed by atoms with Gasteiger partial charge in [0, 0.05) is 24.1 Å². The van der Waals surface area contributed by atoms with E-state index in [-0.39, 0.29) is 18.9 Å². The number of rotatable bonds is 6. The fraction of sp³-hybridized carbons (Fsp3) is 0.200. The molecule has 0 aliphatic heterocycles. The molecule has 2 N–H and O–H groups in total. The zero-order valence-corrected chi connectivity index (χ0v) is 15.3. The molecule has 7 heteroatoms. The first-order valence-corrected chi connectivity index (χ1v) is 8.68. The Morgan fingerprint density at radius 3 is 2.74 bits per heavy atom. The first-order valence-electron chi connectivity index (χ1n) is 8.30. The van der Waals surface area contributed by atoms with E-state index in [0.717, 1.165) is 5.56 Å². The Balaban J connectivity index is 1.61. The summed E-state index contributed by atoms with van der Waals surface area (Å²) in [5.41, 5.74) is 1.31. The lowest BCUT2D eigenvalue weighted by atomic mass is 10.1. The van der Waals surface area contributed by atoms with Gasteiger partial charge in [0.15, 0.2) is 6.61 Å². The van der Waals surface area contributed by atoms with Crippen molar-refractivity contribution < 1.29 is 19.1 Å². The van der Waals surface area contributed by atoms with Crippen LogP contribution in [0.25, 0.3) is 11.0 Å². The second-order valence-electron chi connectivity index (χ2n) is 6.05. The Morgan fingerprint density at radius 1 is 1.26 bits per heavy atom. The largest absolute Gasteiger partial charge is 0.482 e. The van der Waals surface area contributed by atoms with Crippen LogP contribution in [0.15, 0.2) is 57.7 Å². The Kier molecular flexibility index (Phi) is 5.78. The number of carbonyl (C=O) groups excluding carboxylic acids is 1. The lowest BCUT2D eigenvalue weighted by Crippen LogP contribution is -2.32. The average molecular weight is 388 g/mol. The van der Waals surface area contributed by atoms with Crippen molar-refractivity contribution in [2.24, 2.45) is 0 Å². The molecule has 1 atom stereocenters. The summed E-state index contributed by atoms with van der Waals surface area (Å²) < 4.78 is 10.6. The van der Waals surface area contributed by atoms with Gasteiger partial charge in [-0.2, -0.15) is 0 Å². The third kappa shape index (κ3) is 4.67. The van der Waals surface area contributed by atoms with E-state index < -0.39 is 17.6 Å². The number of hydrogen-bond donors (Lipinski definition) is 2. The van der Waals surface area contributed by atoms with Crippen molar-refractivity contribution in [3.63, 3.8) is 0 Å². The smallest absolute Gasteiger partial charge is 0.336 e. The number of benzene rings is 2. The van der Waals surface area contributed by atoms with E-state index in [2.05, 4.69) is 5.32 Å². The molecule has 0 saturated carbocycles. The Morgan fingerprint density at radius 2 is 2.00 bits per heavy atom. The molecule has 27 heavy (non-hydrogen) atoms. The van der Waals surface area contributed by atoms with Gasteiger partial charge < -0.3 is 19.6 Å². The summed E-state index contributed by atoms with van der Waals surface area (Å²) in [5, 5.41) is 13.6. The van der Waals surface area contributed by atoms with Crippen molar-refractivity contribution in [3.05, 3.63) is 75.1 Å². The molecule has 2 aromatic carbocycles. The molecule has 0 saturated heterocycles. The molecule has 3 rings (SSSR count). The number of hydrogen-bond acceptors (Lipinski definition) is 5. The summed E-state index contributed by atoms with van der Waals surface area (Å²) in [5.74, 6) is -0.177. The van der Waals surface area contributed by atoms with E-state index >= 15 is 0 Å². The Bertz CT molecular complexity index is 1020. The van der Waals surface area contributed by atoms with Gasteiger partial charge >= 0.3 is 5.63 Å². The number of aryl methyl sites for hydroxylation is 1. The van der Waals surface area contributed by atoms with Crippen molar-refractivity contribution in [1.29, 1.82) is 0 Å². The topological polar surface area (TPSA) is 88.8 Å². The fourth-order valence-electron chi connectivity index (χ4n) is 2.63. The van der Waals surface area contributed by atoms with E-state index in [1.54, 1.807) is 25.1 Å². The van der Waals surface area contributed by atoms with Gasteiger partial charge in [-0.15, -0.1) is 0 Å². The minimum Gasteiger partial charge on any atom is -0.482 e. The van der Waals surface area contributed by atoms with Crippen LogP contribution in [0.4, 0.5) is 0 Å². The van der Waals surface area contributed by atoms with Gasteiger partial charge in [-0.1, -0.05) is 41.9 Å². The van der Waals surface area contributed by atoms with Crippen molar-refractivity contribution in [2.45, 2.75) is 13.0 Å². The second kappa shape index (κ2) is 8.24. The predicted octanol–water partition coefficient (Wildman–Crippen LogP) is 2.98. The van der Waals surface area contributed by atoms with E-state index in [0.29, 0.717) is 21.6 Å². The molecule has 140 valence electrons. The lowest BCUT2D eigenvalue weighted by Gasteiger charge is -2.13. The highest BCUT2D eigenvalue weighted by molar-refractivity contribution is 6.32. The minimum absolute atomic E-state index is 0.0612. The van der Waals surface area contributed by atoms with Crippen LogP contribution in [-0.2, 0) is 4.79 Å². The van der Waals surface area contributed by atoms with Gasteiger partial charge in [0.05, 0.1) is 11.1 Å². The third-order valence-corrected chi connectivity index (χ3v) is 4.33. The summed E-state index contributed by atoms with van der Waals surface area (Å²) in [7, 11) is 0. The summed E-state index contributed by atoms with van der Waals surface area (Å²) in [6, 6.07) is 13.5. The molecule has 0 bridgehead atoms. The highest BCUT2D eigenvalue weighted by Crippen LogP contribution is 2.30. The van der Waals surface area contributed by atoms with Crippen LogP contribution in [0.3, 0.4) is 0 Å². The Hall–Kier alpha value is -2.83. The molecule has 3 aromatic rings. The minimum atomic E-state index is -0.809. The number of halogens is 1. The number of ether oxygens (including phenoxy) is 1. The van der Waals surface area contributed by atoms with E-state index in [4.69, 9.17) is 20.8 Å². The van der Waals surface area contributed by atoms with Crippen molar-refractivity contribution in [2.75, 3.05) is 13.2 Å². The number of aliphatic hydroxyl groups is 1. The third-order valence-electron chi connectivity index (χ3n) is 4.04. The first kappa shape index (κ1) is 18.9. The van der Waals surface area contributed by atoms with Crippen molar-refractivity contribution in [3.8, 4) is 5.75 Å². The first-order chi connectivity index (χ1) is 12.9. The summed E-state index contributed by atoms with van der Waals surface area (Å²) in [6.45, 7) is 1.55. The molecule has 0 spiro atoms. The molecule has 6 nitrogen and oxygen atoms in total. The van der Waals surface area contributed by atoms with Gasteiger partial charge in [-0.3, -0.25) is 4.79 Å². The normalized spacial score (nSPS) is 12.0. The van der Waals surface area contributed by atoms with Crippen LogP contribution < -0.4 is 15.7 Å². The van der Waals surface area contributed by atoms with E-state index in [1.807, 2.05) is 18.2 Å². The maximum absolute atomic E-state index is 12.0. The molecule has 0 aliphatic rings. The molecule has 1 heterocycles. The van der Waals surface area contributed by atoms with Gasteiger partial charge in [0.1, 0.15) is 11.3 Å². The van der Waals surface area contributed by atoms with E-state index in [1.165, 1.54) is 12.1 Å². The standard InChI is InChI=1S/C20H18ClNO5/c1-12-7-20(25)27-17-9-18(15(21)8-14(12)17)26-11-19(24)22-10-16(23)13-5-3-2-4-6-13/h2-9,16,23H,10-11H2,1H3,(H,22,24)/t16-/m1/s1. The molecular formula is C20H18ClNO5. The number of carbonyl (C=O) groups is 1.